The molecule has 20 heavy (non-hydrogen) atoms. The molecule has 2 aromatic rings. The maximum Gasteiger partial charge on any atom is 0.315 e. The molecular weight excluding hydrogens is 274 g/mol. The highest BCUT2D eigenvalue weighted by Crippen LogP contribution is 2.16. The minimum absolute atomic E-state index is 0.0968. The number of amides is 2. The SMILES string of the molecule is CCc1nc([C@H](C)NC(=O)NCc2cnn(C)c2)cs1. The van der Waals surface area contributed by atoms with E-state index in [1.165, 1.54) is 0 Å². The van der Waals surface area contributed by atoms with Crippen molar-refractivity contribution >= 4 is 17.4 Å². The Labute approximate surface area is 122 Å². The van der Waals surface area contributed by atoms with E-state index in [-0.39, 0.29) is 12.1 Å². The van der Waals surface area contributed by atoms with Gasteiger partial charge in [0.15, 0.2) is 0 Å². The molecule has 2 aromatic heterocycles. The highest BCUT2D eigenvalue weighted by molar-refractivity contribution is 7.09. The van der Waals surface area contributed by atoms with Gasteiger partial charge in [-0.05, 0) is 13.3 Å². The highest BCUT2D eigenvalue weighted by atomic mass is 32.1. The molecular formula is C13H19N5OS. The fraction of sp³-hybridized carbons (Fsp3) is 0.462. The molecule has 108 valence electrons. The summed E-state index contributed by atoms with van der Waals surface area (Å²) in [6.45, 7) is 4.46. The third kappa shape index (κ3) is 3.80. The van der Waals surface area contributed by atoms with Gasteiger partial charge >= 0.3 is 6.03 Å². The van der Waals surface area contributed by atoms with E-state index in [1.54, 1.807) is 22.2 Å². The van der Waals surface area contributed by atoms with Crippen molar-refractivity contribution in [2.45, 2.75) is 32.9 Å². The smallest absolute Gasteiger partial charge is 0.315 e. The first-order valence-electron chi connectivity index (χ1n) is 6.54. The zero-order valence-corrected chi connectivity index (χ0v) is 12.7. The molecule has 2 rings (SSSR count). The Morgan fingerprint density at radius 3 is 2.95 bits per heavy atom. The van der Waals surface area contributed by atoms with Gasteiger partial charge in [0.25, 0.3) is 0 Å². The van der Waals surface area contributed by atoms with Crippen molar-refractivity contribution < 1.29 is 4.79 Å². The van der Waals surface area contributed by atoms with Gasteiger partial charge in [-0.25, -0.2) is 9.78 Å². The number of aryl methyl sites for hydroxylation is 2. The molecule has 7 heteroatoms. The number of urea groups is 1. The summed E-state index contributed by atoms with van der Waals surface area (Å²) >= 11 is 1.62. The van der Waals surface area contributed by atoms with E-state index in [0.29, 0.717) is 6.54 Å². The predicted octanol–water partition coefficient (Wildman–Crippen LogP) is 2.00. The van der Waals surface area contributed by atoms with Crippen LogP contribution in [0.2, 0.25) is 0 Å². The molecule has 0 radical (unpaired) electrons. The van der Waals surface area contributed by atoms with Crippen LogP contribution >= 0.6 is 11.3 Å². The Kier molecular flexibility index (Phi) is 4.73. The van der Waals surface area contributed by atoms with Crippen molar-refractivity contribution in [3.8, 4) is 0 Å². The van der Waals surface area contributed by atoms with E-state index in [0.717, 1.165) is 22.7 Å². The molecule has 2 N–H and O–H groups in total. The summed E-state index contributed by atoms with van der Waals surface area (Å²) < 4.78 is 1.71. The summed E-state index contributed by atoms with van der Waals surface area (Å²) in [6, 6.07) is -0.298. The zero-order valence-electron chi connectivity index (χ0n) is 11.9. The molecule has 6 nitrogen and oxygen atoms in total. The number of nitrogens with one attached hydrogen (secondary N) is 2. The molecule has 0 bridgehead atoms. The van der Waals surface area contributed by atoms with Crippen LogP contribution in [0.5, 0.6) is 0 Å². The number of nitrogens with zero attached hydrogens (tertiary/aromatic N) is 3. The first-order valence-corrected chi connectivity index (χ1v) is 7.42. The fourth-order valence-electron chi connectivity index (χ4n) is 1.75. The Morgan fingerprint density at radius 2 is 2.35 bits per heavy atom. The Hall–Kier alpha value is -1.89. The van der Waals surface area contributed by atoms with Crippen LogP contribution in [0.15, 0.2) is 17.8 Å². The van der Waals surface area contributed by atoms with Gasteiger partial charge in [0.1, 0.15) is 0 Å². The number of carbonyl (C=O) groups excluding carboxylic acids is 1. The number of hydrogen-bond donors (Lipinski definition) is 2. The molecule has 0 aliphatic carbocycles. The lowest BCUT2D eigenvalue weighted by molar-refractivity contribution is 0.237. The first-order chi connectivity index (χ1) is 9.58. The maximum absolute atomic E-state index is 11.8. The van der Waals surface area contributed by atoms with E-state index >= 15 is 0 Å². The van der Waals surface area contributed by atoms with Crippen LogP contribution < -0.4 is 10.6 Å². The second-order valence-corrected chi connectivity index (χ2v) is 5.53. The maximum atomic E-state index is 11.8. The second kappa shape index (κ2) is 6.51. The van der Waals surface area contributed by atoms with Crippen LogP contribution in [0.25, 0.3) is 0 Å². The van der Waals surface area contributed by atoms with E-state index in [9.17, 15) is 4.79 Å². The van der Waals surface area contributed by atoms with Gasteiger partial charge in [-0.2, -0.15) is 5.10 Å². The van der Waals surface area contributed by atoms with Crippen LogP contribution in [0.1, 0.15) is 36.2 Å². The lowest BCUT2D eigenvalue weighted by Crippen LogP contribution is -2.36. The molecule has 0 saturated heterocycles. The lowest BCUT2D eigenvalue weighted by Gasteiger charge is -2.12. The summed E-state index contributed by atoms with van der Waals surface area (Å²) in [5, 5.41) is 12.8. The van der Waals surface area contributed by atoms with Crippen molar-refractivity contribution in [3.63, 3.8) is 0 Å². The third-order valence-electron chi connectivity index (χ3n) is 2.87. The Bertz CT molecular complexity index is 577. The number of thiazole rings is 1. The third-order valence-corrected chi connectivity index (χ3v) is 3.89. The summed E-state index contributed by atoms with van der Waals surface area (Å²) in [4.78, 5) is 16.3. The summed E-state index contributed by atoms with van der Waals surface area (Å²) in [6.07, 6.45) is 4.53. The molecule has 0 fully saturated rings. The average Bonchev–Trinajstić information content (AvgIpc) is 3.05. The largest absolute Gasteiger partial charge is 0.334 e. The van der Waals surface area contributed by atoms with Crippen molar-refractivity contribution in [1.29, 1.82) is 0 Å². The Balaban J connectivity index is 1.81. The fourth-order valence-corrected chi connectivity index (χ4v) is 2.59. The minimum Gasteiger partial charge on any atom is -0.334 e. The predicted molar refractivity (Wildman–Crippen MR) is 78.5 cm³/mol. The van der Waals surface area contributed by atoms with Crippen molar-refractivity contribution in [1.82, 2.24) is 25.4 Å². The molecule has 0 aliphatic heterocycles. The molecule has 2 amide bonds. The monoisotopic (exact) mass is 293 g/mol. The topological polar surface area (TPSA) is 71.8 Å². The number of hydrogen-bond acceptors (Lipinski definition) is 4. The van der Waals surface area contributed by atoms with Crippen molar-refractivity contribution in [2.24, 2.45) is 7.05 Å². The average molecular weight is 293 g/mol. The molecule has 0 spiro atoms. The normalized spacial score (nSPS) is 12.2. The van der Waals surface area contributed by atoms with Crippen LogP contribution in [-0.4, -0.2) is 20.8 Å². The van der Waals surface area contributed by atoms with E-state index in [2.05, 4.69) is 27.6 Å². The molecule has 2 heterocycles. The lowest BCUT2D eigenvalue weighted by atomic mass is 10.2. The number of aromatic nitrogens is 3. The van der Waals surface area contributed by atoms with Gasteiger partial charge in [0.05, 0.1) is 22.9 Å². The van der Waals surface area contributed by atoms with E-state index in [4.69, 9.17) is 0 Å². The second-order valence-electron chi connectivity index (χ2n) is 4.59. The van der Waals surface area contributed by atoms with Crippen LogP contribution in [-0.2, 0) is 20.0 Å². The molecule has 1 atom stereocenters. The van der Waals surface area contributed by atoms with Crippen LogP contribution in [0, 0.1) is 0 Å². The standard InChI is InChI=1S/C13H19N5OS/c1-4-12-17-11(8-20-12)9(2)16-13(19)14-5-10-6-15-18(3)7-10/h6-9H,4-5H2,1-3H3,(H2,14,16,19)/t9-/m0/s1. The van der Waals surface area contributed by atoms with Crippen molar-refractivity contribution in [3.05, 3.63) is 34.0 Å². The minimum atomic E-state index is -0.201. The van der Waals surface area contributed by atoms with Crippen LogP contribution in [0.4, 0.5) is 4.79 Å². The summed E-state index contributed by atoms with van der Waals surface area (Å²) in [5.41, 5.74) is 1.88. The Morgan fingerprint density at radius 1 is 1.55 bits per heavy atom. The first kappa shape index (κ1) is 14.5. The summed E-state index contributed by atoms with van der Waals surface area (Å²) in [5.74, 6) is 0. The highest BCUT2D eigenvalue weighted by Gasteiger charge is 2.12. The van der Waals surface area contributed by atoms with Gasteiger partial charge in [-0.1, -0.05) is 6.92 Å². The number of carbonyl (C=O) groups is 1. The molecule has 0 unspecified atom stereocenters. The molecule has 0 aromatic carbocycles. The van der Waals surface area contributed by atoms with Gasteiger partial charge in [-0.3, -0.25) is 4.68 Å². The quantitative estimate of drug-likeness (QED) is 0.885. The van der Waals surface area contributed by atoms with E-state index < -0.39 is 0 Å². The van der Waals surface area contributed by atoms with Gasteiger partial charge in [0.2, 0.25) is 0 Å². The van der Waals surface area contributed by atoms with Crippen LogP contribution in [0.3, 0.4) is 0 Å². The van der Waals surface area contributed by atoms with Gasteiger partial charge < -0.3 is 10.6 Å². The molecule has 0 saturated carbocycles. The van der Waals surface area contributed by atoms with Gasteiger partial charge in [-0.15, -0.1) is 11.3 Å². The van der Waals surface area contributed by atoms with E-state index in [1.807, 2.05) is 25.5 Å². The zero-order chi connectivity index (χ0) is 14.5. The van der Waals surface area contributed by atoms with Crippen molar-refractivity contribution in [2.75, 3.05) is 0 Å². The summed E-state index contributed by atoms with van der Waals surface area (Å²) in [7, 11) is 1.85. The number of rotatable bonds is 5. The van der Waals surface area contributed by atoms with Gasteiger partial charge in [0, 0.05) is 30.7 Å². The molecule has 0 aliphatic rings.